The molecule has 4 nitrogen and oxygen atoms in total. The summed E-state index contributed by atoms with van der Waals surface area (Å²) in [5.41, 5.74) is 5.38. The molecule has 3 N–H and O–H groups in total. The summed E-state index contributed by atoms with van der Waals surface area (Å²) in [4.78, 5) is 14.3. The Morgan fingerprint density at radius 1 is 1.38 bits per heavy atom. The van der Waals surface area contributed by atoms with Gasteiger partial charge in [0.15, 0.2) is 0 Å². The molecule has 4 heteroatoms. The fraction of sp³-hybridized carbons (Fsp3) is 0.917. The van der Waals surface area contributed by atoms with Gasteiger partial charge in [0, 0.05) is 19.6 Å². The van der Waals surface area contributed by atoms with Gasteiger partial charge in [-0.05, 0) is 25.7 Å². The number of amides is 1. The van der Waals surface area contributed by atoms with E-state index in [4.69, 9.17) is 5.73 Å². The molecule has 1 rings (SSSR count). The van der Waals surface area contributed by atoms with Gasteiger partial charge in [0.05, 0.1) is 11.5 Å². The van der Waals surface area contributed by atoms with Gasteiger partial charge >= 0.3 is 0 Å². The number of nitrogens with two attached hydrogens (primary N) is 1. The third kappa shape index (κ3) is 2.55. The van der Waals surface area contributed by atoms with Crippen LogP contribution in [0.2, 0.25) is 0 Å². The maximum absolute atomic E-state index is 12.4. The first-order valence-electron chi connectivity index (χ1n) is 6.27. The van der Waals surface area contributed by atoms with Gasteiger partial charge in [-0.15, -0.1) is 0 Å². The number of aliphatic hydroxyl groups is 1. The van der Waals surface area contributed by atoms with Crippen LogP contribution in [0.3, 0.4) is 0 Å². The van der Waals surface area contributed by atoms with E-state index in [0.717, 1.165) is 12.8 Å². The number of carbonyl (C=O) groups excluding carboxylic acids is 1. The summed E-state index contributed by atoms with van der Waals surface area (Å²) < 4.78 is 0. The highest BCUT2D eigenvalue weighted by Crippen LogP contribution is 2.29. The average Bonchev–Trinajstić information content (AvgIpc) is 2.33. The van der Waals surface area contributed by atoms with Gasteiger partial charge in [0.2, 0.25) is 5.91 Å². The number of rotatable bonds is 4. The van der Waals surface area contributed by atoms with E-state index in [1.54, 1.807) is 0 Å². The highest BCUT2D eigenvalue weighted by atomic mass is 16.3. The molecule has 0 aromatic heterocycles. The largest absolute Gasteiger partial charge is 0.393 e. The first-order chi connectivity index (χ1) is 7.59. The van der Waals surface area contributed by atoms with Crippen LogP contribution < -0.4 is 5.73 Å². The molecule has 0 unspecified atom stereocenters. The monoisotopic (exact) mass is 228 g/mol. The lowest BCUT2D eigenvalue weighted by atomic mass is 9.80. The molecular formula is C12H24N2O2. The molecule has 0 aliphatic carbocycles. The Hall–Kier alpha value is -0.610. The van der Waals surface area contributed by atoms with Crippen LogP contribution in [0.5, 0.6) is 0 Å². The van der Waals surface area contributed by atoms with Crippen molar-refractivity contribution in [2.45, 2.75) is 45.6 Å². The van der Waals surface area contributed by atoms with E-state index < -0.39 is 0 Å². The highest BCUT2D eigenvalue weighted by Gasteiger charge is 2.37. The number of nitrogens with zero attached hydrogens (tertiary/aromatic N) is 1. The standard InChI is InChI=1S/C12H24N2O2/c1-3-12(4-2,9-13)11(16)14-7-5-10(15)6-8-14/h10,15H,3-9,13H2,1-2H3. The van der Waals surface area contributed by atoms with E-state index in [-0.39, 0.29) is 17.4 Å². The Morgan fingerprint density at radius 2 is 1.88 bits per heavy atom. The van der Waals surface area contributed by atoms with Gasteiger partial charge in [0.1, 0.15) is 0 Å². The van der Waals surface area contributed by atoms with Crippen LogP contribution in [0, 0.1) is 5.41 Å². The first kappa shape index (κ1) is 13.5. The number of likely N-dealkylation sites (tertiary alicyclic amines) is 1. The zero-order valence-corrected chi connectivity index (χ0v) is 10.4. The molecule has 1 saturated heterocycles. The summed E-state index contributed by atoms with van der Waals surface area (Å²) in [6.45, 7) is 5.79. The second-order valence-corrected chi connectivity index (χ2v) is 4.71. The number of hydrogen-bond donors (Lipinski definition) is 2. The van der Waals surface area contributed by atoms with Crippen LogP contribution in [0.25, 0.3) is 0 Å². The lowest BCUT2D eigenvalue weighted by molar-refractivity contribution is -0.144. The Balaban J connectivity index is 2.68. The molecule has 0 radical (unpaired) electrons. The number of piperidine rings is 1. The quantitative estimate of drug-likeness (QED) is 0.745. The van der Waals surface area contributed by atoms with Crippen LogP contribution >= 0.6 is 0 Å². The zero-order chi connectivity index (χ0) is 12.2. The summed E-state index contributed by atoms with van der Waals surface area (Å²) in [6.07, 6.45) is 2.73. The number of aliphatic hydroxyl groups excluding tert-OH is 1. The van der Waals surface area contributed by atoms with Gasteiger partial charge < -0.3 is 15.7 Å². The SMILES string of the molecule is CCC(CC)(CN)C(=O)N1CCC(O)CC1. The normalized spacial score (nSPS) is 18.9. The summed E-state index contributed by atoms with van der Waals surface area (Å²) in [7, 11) is 0. The van der Waals surface area contributed by atoms with Crippen molar-refractivity contribution < 1.29 is 9.90 Å². The Kier molecular flexibility index (Phi) is 4.74. The molecular weight excluding hydrogens is 204 g/mol. The molecule has 0 saturated carbocycles. The van der Waals surface area contributed by atoms with Crippen LogP contribution in [-0.4, -0.2) is 41.7 Å². The molecule has 1 fully saturated rings. The predicted octanol–water partition coefficient (Wildman–Crippen LogP) is 0.735. The lowest BCUT2D eigenvalue weighted by Crippen LogP contribution is -2.50. The minimum Gasteiger partial charge on any atom is -0.393 e. The van der Waals surface area contributed by atoms with E-state index in [2.05, 4.69) is 0 Å². The fourth-order valence-electron chi connectivity index (χ4n) is 2.33. The van der Waals surface area contributed by atoms with E-state index in [0.29, 0.717) is 32.5 Å². The lowest BCUT2D eigenvalue weighted by Gasteiger charge is -2.38. The molecule has 94 valence electrons. The molecule has 0 aromatic rings. The molecule has 1 heterocycles. The smallest absolute Gasteiger partial charge is 0.230 e. The topological polar surface area (TPSA) is 66.6 Å². The predicted molar refractivity (Wildman–Crippen MR) is 63.9 cm³/mol. The van der Waals surface area contributed by atoms with Crippen molar-refractivity contribution in [1.82, 2.24) is 4.90 Å². The van der Waals surface area contributed by atoms with Crippen LogP contribution in [0.4, 0.5) is 0 Å². The summed E-state index contributed by atoms with van der Waals surface area (Å²) in [5.74, 6) is 0.173. The average molecular weight is 228 g/mol. The van der Waals surface area contributed by atoms with Crippen molar-refractivity contribution in [2.75, 3.05) is 19.6 Å². The molecule has 0 bridgehead atoms. The first-order valence-corrected chi connectivity index (χ1v) is 6.27. The number of carbonyl (C=O) groups is 1. The number of hydrogen-bond acceptors (Lipinski definition) is 3. The van der Waals surface area contributed by atoms with Gasteiger partial charge in [-0.25, -0.2) is 0 Å². The van der Waals surface area contributed by atoms with Crippen molar-refractivity contribution in [2.24, 2.45) is 11.1 Å². The van der Waals surface area contributed by atoms with E-state index in [1.807, 2.05) is 18.7 Å². The van der Waals surface area contributed by atoms with Gasteiger partial charge in [0.25, 0.3) is 0 Å². The maximum Gasteiger partial charge on any atom is 0.230 e. The van der Waals surface area contributed by atoms with Crippen LogP contribution in [-0.2, 0) is 4.79 Å². The highest BCUT2D eigenvalue weighted by molar-refractivity contribution is 5.83. The van der Waals surface area contributed by atoms with E-state index >= 15 is 0 Å². The summed E-state index contributed by atoms with van der Waals surface area (Å²) in [5, 5.41) is 9.42. The summed E-state index contributed by atoms with van der Waals surface area (Å²) in [6, 6.07) is 0. The van der Waals surface area contributed by atoms with Crippen molar-refractivity contribution >= 4 is 5.91 Å². The maximum atomic E-state index is 12.4. The zero-order valence-electron chi connectivity index (χ0n) is 10.4. The van der Waals surface area contributed by atoms with Gasteiger partial charge in [-0.3, -0.25) is 4.79 Å². The van der Waals surface area contributed by atoms with Crippen LogP contribution in [0.1, 0.15) is 39.5 Å². The van der Waals surface area contributed by atoms with Gasteiger partial charge in [-0.1, -0.05) is 13.8 Å². The minimum absolute atomic E-state index is 0.173. The molecule has 16 heavy (non-hydrogen) atoms. The molecule has 1 aliphatic heterocycles. The fourth-order valence-corrected chi connectivity index (χ4v) is 2.33. The molecule has 1 amide bonds. The van der Waals surface area contributed by atoms with Crippen molar-refractivity contribution in [3.63, 3.8) is 0 Å². The molecule has 0 atom stereocenters. The van der Waals surface area contributed by atoms with Crippen molar-refractivity contribution in [1.29, 1.82) is 0 Å². The summed E-state index contributed by atoms with van der Waals surface area (Å²) >= 11 is 0. The minimum atomic E-state index is -0.387. The van der Waals surface area contributed by atoms with E-state index in [9.17, 15) is 9.90 Å². The second kappa shape index (κ2) is 5.64. The van der Waals surface area contributed by atoms with Crippen molar-refractivity contribution in [3.8, 4) is 0 Å². The molecule has 0 aromatic carbocycles. The van der Waals surface area contributed by atoms with Crippen LogP contribution in [0.15, 0.2) is 0 Å². The Labute approximate surface area is 97.8 Å². The molecule has 1 aliphatic rings. The second-order valence-electron chi connectivity index (χ2n) is 4.71. The van der Waals surface area contributed by atoms with Crippen molar-refractivity contribution in [3.05, 3.63) is 0 Å². The Morgan fingerprint density at radius 3 is 2.25 bits per heavy atom. The molecule has 0 spiro atoms. The van der Waals surface area contributed by atoms with E-state index in [1.165, 1.54) is 0 Å². The Bertz CT molecular complexity index is 223. The third-order valence-corrected chi connectivity index (χ3v) is 3.95. The third-order valence-electron chi connectivity index (χ3n) is 3.95. The van der Waals surface area contributed by atoms with Gasteiger partial charge in [-0.2, -0.15) is 0 Å².